The summed E-state index contributed by atoms with van der Waals surface area (Å²) in [7, 11) is 0. The van der Waals surface area contributed by atoms with Crippen LogP contribution in [0.25, 0.3) is 0 Å². The van der Waals surface area contributed by atoms with Crippen molar-refractivity contribution >= 4 is 50.3 Å². The van der Waals surface area contributed by atoms with E-state index in [0.29, 0.717) is 20.9 Å². The van der Waals surface area contributed by atoms with Crippen molar-refractivity contribution in [3.05, 3.63) is 32.9 Å². The van der Waals surface area contributed by atoms with Crippen LogP contribution in [0.2, 0.25) is 0 Å². The number of rotatable bonds is 5. The molecule has 0 aromatic heterocycles. The lowest BCUT2D eigenvalue weighted by Gasteiger charge is -2.11. The van der Waals surface area contributed by atoms with Crippen molar-refractivity contribution in [2.24, 2.45) is 0 Å². The van der Waals surface area contributed by atoms with Crippen LogP contribution >= 0.6 is 38.5 Å². The Morgan fingerprint density at radius 3 is 2.59 bits per heavy atom. The van der Waals surface area contributed by atoms with E-state index in [1.54, 1.807) is 12.1 Å². The third-order valence-corrected chi connectivity index (χ3v) is 3.78. The summed E-state index contributed by atoms with van der Waals surface area (Å²) >= 11 is 5.06. The van der Waals surface area contributed by atoms with Gasteiger partial charge in [-0.05, 0) is 22.6 Å². The van der Waals surface area contributed by atoms with Crippen LogP contribution in [0.4, 0.5) is 0 Å². The summed E-state index contributed by atoms with van der Waals surface area (Å²) < 4.78 is 0.492. The lowest BCUT2D eigenvalue weighted by atomic mass is 10.0. The van der Waals surface area contributed by atoms with Crippen LogP contribution in [-0.2, 0) is 4.79 Å². The monoisotopic (exact) mass is 412 g/mol. The van der Waals surface area contributed by atoms with E-state index in [2.05, 4.69) is 15.9 Å². The van der Waals surface area contributed by atoms with Gasteiger partial charge in [-0.25, -0.2) is 4.79 Å². The molecular weight excluding hydrogens is 403 g/mol. The van der Waals surface area contributed by atoms with Gasteiger partial charge in [0.15, 0.2) is 11.9 Å². The van der Waals surface area contributed by atoms with Crippen LogP contribution in [-0.4, -0.2) is 27.3 Å². The van der Waals surface area contributed by atoms with Crippen LogP contribution in [0.3, 0.4) is 0 Å². The Balaban J connectivity index is 3.15. The zero-order chi connectivity index (χ0) is 13.0. The summed E-state index contributed by atoms with van der Waals surface area (Å²) in [5.41, 5.74) is 0.696. The number of aliphatic carboxylic acids is 1. The van der Waals surface area contributed by atoms with Crippen LogP contribution in [0.1, 0.15) is 28.4 Å². The van der Waals surface area contributed by atoms with Crippen molar-refractivity contribution in [3.63, 3.8) is 0 Å². The molecule has 1 atom stereocenters. The van der Waals surface area contributed by atoms with Crippen molar-refractivity contribution < 1.29 is 19.8 Å². The van der Waals surface area contributed by atoms with Crippen LogP contribution in [0.5, 0.6) is 0 Å². The largest absolute Gasteiger partial charge is 0.479 e. The Morgan fingerprint density at radius 2 is 2.06 bits per heavy atom. The second-order valence-electron chi connectivity index (χ2n) is 3.31. The number of hydrogen-bond donors (Lipinski definition) is 2. The number of benzene rings is 1. The number of alkyl halides is 1. The fourth-order valence-corrected chi connectivity index (χ4v) is 2.65. The first-order chi connectivity index (χ1) is 7.99. The van der Waals surface area contributed by atoms with E-state index >= 15 is 0 Å². The van der Waals surface area contributed by atoms with Gasteiger partial charge in [-0.3, -0.25) is 4.79 Å². The van der Waals surface area contributed by atoms with E-state index in [0.717, 1.165) is 0 Å². The molecule has 1 rings (SSSR count). The minimum Gasteiger partial charge on any atom is -0.479 e. The number of carbonyl (C=O) groups is 2. The molecule has 0 heterocycles. The number of carboxylic acid groups (broad SMARTS) is 1. The zero-order valence-corrected chi connectivity index (χ0v) is 12.4. The molecule has 6 heteroatoms. The first kappa shape index (κ1) is 14.6. The molecule has 0 aliphatic carbocycles. The molecular formula is C11H10BrIO4. The number of halogens is 2. The van der Waals surface area contributed by atoms with Gasteiger partial charge >= 0.3 is 5.97 Å². The number of Topliss-reactive ketones (excluding diaryl/α,β-unsaturated/α-hetero) is 1. The summed E-state index contributed by atoms with van der Waals surface area (Å²) in [5, 5.41) is 18.8. The normalized spacial score (nSPS) is 12.2. The maximum Gasteiger partial charge on any atom is 0.337 e. The van der Waals surface area contributed by atoms with E-state index in [9.17, 15) is 14.7 Å². The van der Waals surface area contributed by atoms with E-state index in [-0.39, 0.29) is 11.3 Å². The van der Waals surface area contributed by atoms with Crippen molar-refractivity contribution in [2.45, 2.75) is 12.5 Å². The van der Waals surface area contributed by atoms with Gasteiger partial charge in [0.25, 0.3) is 0 Å². The predicted octanol–water partition coefficient (Wildman–Crippen LogP) is 2.38. The molecule has 0 bridgehead atoms. The van der Waals surface area contributed by atoms with Crippen molar-refractivity contribution in [3.8, 4) is 0 Å². The van der Waals surface area contributed by atoms with Gasteiger partial charge in [-0.15, -0.1) is 0 Å². The molecule has 4 nitrogen and oxygen atoms in total. The number of aliphatic hydroxyl groups excluding tert-OH is 1. The second kappa shape index (κ2) is 6.46. The van der Waals surface area contributed by atoms with Gasteiger partial charge in [0.05, 0.1) is 0 Å². The number of carboxylic acids is 1. The number of ketones is 1. The fraction of sp³-hybridized carbons (Fsp3) is 0.273. The topological polar surface area (TPSA) is 74.6 Å². The van der Waals surface area contributed by atoms with Crippen LogP contribution in [0, 0.1) is 3.57 Å². The summed E-state index contributed by atoms with van der Waals surface area (Å²) in [5.74, 6) is -1.40. The van der Waals surface area contributed by atoms with Crippen molar-refractivity contribution in [1.82, 2.24) is 0 Å². The molecule has 0 fully saturated rings. The van der Waals surface area contributed by atoms with Crippen molar-refractivity contribution in [1.29, 1.82) is 0 Å². The van der Waals surface area contributed by atoms with E-state index in [1.165, 1.54) is 6.07 Å². The summed E-state index contributed by atoms with van der Waals surface area (Å²) in [4.78, 5) is 22.5. The Labute approximate surface area is 120 Å². The van der Waals surface area contributed by atoms with Gasteiger partial charge in [-0.2, -0.15) is 0 Å². The van der Waals surface area contributed by atoms with Crippen molar-refractivity contribution in [2.75, 3.05) is 5.33 Å². The summed E-state index contributed by atoms with van der Waals surface area (Å²) in [6, 6.07) is 4.71. The van der Waals surface area contributed by atoms with E-state index in [1.807, 2.05) is 22.6 Å². The molecule has 1 aromatic rings. The lowest BCUT2D eigenvalue weighted by molar-refractivity contribution is -0.147. The third kappa shape index (κ3) is 3.49. The minimum atomic E-state index is -1.60. The van der Waals surface area contributed by atoms with Crippen LogP contribution < -0.4 is 0 Å². The molecule has 0 aliphatic heterocycles. The first-order valence-corrected chi connectivity index (χ1v) is 6.97. The smallest absolute Gasteiger partial charge is 0.337 e. The quantitative estimate of drug-likeness (QED) is 0.442. The first-order valence-electron chi connectivity index (χ1n) is 4.77. The highest BCUT2D eigenvalue weighted by molar-refractivity contribution is 14.1. The average molecular weight is 413 g/mol. The molecule has 0 aliphatic rings. The maximum absolute atomic E-state index is 11.7. The molecule has 0 spiro atoms. The zero-order valence-electron chi connectivity index (χ0n) is 8.69. The Hall–Kier alpha value is -0.470. The average Bonchev–Trinajstić information content (AvgIpc) is 2.28. The Morgan fingerprint density at radius 1 is 1.41 bits per heavy atom. The highest BCUT2D eigenvalue weighted by Crippen LogP contribution is 2.24. The van der Waals surface area contributed by atoms with Crippen LogP contribution in [0.15, 0.2) is 18.2 Å². The predicted molar refractivity (Wildman–Crippen MR) is 74.5 cm³/mol. The van der Waals surface area contributed by atoms with Gasteiger partial charge in [0.2, 0.25) is 0 Å². The molecule has 1 unspecified atom stereocenters. The number of aliphatic hydroxyl groups is 1. The third-order valence-electron chi connectivity index (χ3n) is 2.18. The molecule has 0 saturated carbocycles. The lowest BCUT2D eigenvalue weighted by Crippen LogP contribution is -2.14. The standard InChI is InChI=1S/C11H10BrIO4/c12-5-4-8(14)6-2-1-3-7(9(6)13)10(15)11(16)17/h1-3,10,15H,4-5H2,(H,16,17). The SMILES string of the molecule is O=C(CCBr)c1cccc(C(O)C(=O)O)c1I. The molecule has 2 N–H and O–H groups in total. The van der Waals surface area contributed by atoms with Gasteiger partial charge in [0, 0.05) is 26.4 Å². The van der Waals surface area contributed by atoms with Gasteiger partial charge < -0.3 is 10.2 Å². The summed E-state index contributed by atoms with van der Waals surface area (Å²) in [6.45, 7) is 0. The van der Waals surface area contributed by atoms with E-state index < -0.39 is 12.1 Å². The minimum absolute atomic E-state index is 0.0780. The summed E-state index contributed by atoms with van der Waals surface area (Å²) in [6.07, 6.45) is -1.26. The van der Waals surface area contributed by atoms with Gasteiger partial charge in [-0.1, -0.05) is 34.1 Å². The molecule has 0 saturated heterocycles. The molecule has 1 aromatic carbocycles. The highest BCUT2D eigenvalue weighted by Gasteiger charge is 2.21. The maximum atomic E-state index is 11.7. The number of hydrogen-bond acceptors (Lipinski definition) is 3. The Bertz CT molecular complexity index is 447. The Kier molecular flexibility index (Phi) is 5.54. The number of carbonyl (C=O) groups excluding carboxylic acids is 1. The molecule has 0 radical (unpaired) electrons. The second-order valence-corrected chi connectivity index (χ2v) is 5.18. The molecule has 0 amide bonds. The molecule has 92 valence electrons. The molecule has 17 heavy (non-hydrogen) atoms. The fourth-order valence-electron chi connectivity index (χ4n) is 1.33. The van der Waals surface area contributed by atoms with E-state index in [4.69, 9.17) is 5.11 Å². The van der Waals surface area contributed by atoms with Gasteiger partial charge in [0.1, 0.15) is 0 Å². The highest BCUT2D eigenvalue weighted by atomic mass is 127.